The number of nitrogens with zero attached hydrogens (tertiary/aromatic N) is 1. The molecular formula is C18H26NO2+. The Balaban J connectivity index is 1.75. The largest absolute Gasteiger partial charge is 0.347 e. The molecular weight excluding hydrogens is 262 g/mol. The van der Waals surface area contributed by atoms with Gasteiger partial charge in [0.2, 0.25) is 0 Å². The van der Waals surface area contributed by atoms with Crippen LogP contribution in [-0.4, -0.2) is 13.2 Å². The van der Waals surface area contributed by atoms with Crippen LogP contribution in [0.4, 0.5) is 0 Å². The molecule has 3 nitrogen and oxygen atoms in total. The second kappa shape index (κ2) is 5.54. The van der Waals surface area contributed by atoms with Crippen molar-refractivity contribution in [2.24, 2.45) is 24.3 Å². The molecule has 1 saturated heterocycles. The van der Waals surface area contributed by atoms with E-state index in [1.165, 1.54) is 5.57 Å². The van der Waals surface area contributed by atoms with Crippen LogP contribution >= 0.6 is 0 Å². The van der Waals surface area contributed by atoms with E-state index in [4.69, 9.17) is 9.47 Å². The van der Waals surface area contributed by atoms with Gasteiger partial charge in [-0.1, -0.05) is 25.5 Å². The van der Waals surface area contributed by atoms with E-state index in [2.05, 4.69) is 39.1 Å². The molecule has 1 aromatic rings. The lowest BCUT2D eigenvalue weighted by Gasteiger charge is -2.49. The minimum absolute atomic E-state index is 0.132. The summed E-state index contributed by atoms with van der Waals surface area (Å²) in [5, 5.41) is 0. The Labute approximate surface area is 127 Å². The van der Waals surface area contributed by atoms with Crippen LogP contribution in [0.3, 0.4) is 0 Å². The first kappa shape index (κ1) is 14.7. The maximum Gasteiger partial charge on any atom is 0.189 e. The first-order valence-electron chi connectivity index (χ1n) is 7.87. The van der Waals surface area contributed by atoms with Gasteiger partial charge in [0, 0.05) is 11.5 Å². The van der Waals surface area contributed by atoms with Crippen LogP contribution in [0, 0.1) is 17.3 Å². The zero-order chi connectivity index (χ0) is 15.0. The fourth-order valence-corrected chi connectivity index (χ4v) is 3.84. The molecule has 1 aromatic heterocycles. The molecule has 1 fully saturated rings. The number of aryl methyl sites for hydroxylation is 1. The van der Waals surface area contributed by atoms with Crippen molar-refractivity contribution in [1.82, 2.24) is 0 Å². The number of rotatable bonds is 1. The highest BCUT2D eigenvalue weighted by Gasteiger charge is 2.47. The zero-order valence-electron chi connectivity index (χ0n) is 13.5. The Bertz CT molecular complexity index is 544. The Morgan fingerprint density at radius 3 is 2.57 bits per heavy atom. The van der Waals surface area contributed by atoms with Gasteiger partial charge >= 0.3 is 0 Å². The Kier molecular flexibility index (Phi) is 3.89. The summed E-state index contributed by atoms with van der Waals surface area (Å²) in [5.41, 5.74) is 2.72. The quantitative estimate of drug-likeness (QED) is 0.585. The monoisotopic (exact) mass is 288 g/mol. The number of pyridine rings is 1. The van der Waals surface area contributed by atoms with Crippen molar-refractivity contribution in [3.05, 3.63) is 41.7 Å². The molecule has 1 aliphatic heterocycles. The Morgan fingerprint density at radius 1 is 1.24 bits per heavy atom. The summed E-state index contributed by atoms with van der Waals surface area (Å²) < 4.78 is 14.3. The van der Waals surface area contributed by atoms with Crippen LogP contribution in [0.1, 0.15) is 39.0 Å². The van der Waals surface area contributed by atoms with E-state index in [9.17, 15) is 0 Å². The number of allylic oxidation sites excluding steroid dienone is 2. The lowest BCUT2D eigenvalue weighted by atomic mass is 9.63. The maximum absolute atomic E-state index is 6.12. The van der Waals surface area contributed by atoms with Crippen molar-refractivity contribution < 1.29 is 14.0 Å². The predicted molar refractivity (Wildman–Crippen MR) is 81.4 cm³/mol. The second-order valence-electron chi connectivity index (χ2n) is 6.90. The van der Waals surface area contributed by atoms with Crippen molar-refractivity contribution in [3.63, 3.8) is 0 Å². The van der Waals surface area contributed by atoms with E-state index in [-0.39, 0.29) is 11.7 Å². The summed E-state index contributed by atoms with van der Waals surface area (Å²) >= 11 is 0. The molecule has 0 unspecified atom stereocenters. The molecule has 1 aliphatic carbocycles. The van der Waals surface area contributed by atoms with Crippen LogP contribution in [0.15, 0.2) is 36.2 Å². The summed E-state index contributed by atoms with van der Waals surface area (Å²) in [5.74, 6) is 1.11. The molecule has 0 aromatic carbocycles. The number of aromatic nitrogens is 1. The van der Waals surface area contributed by atoms with Crippen molar-refractivity contribution in [3.8, 4) is 0 Å². The molecule has 114 valence electrons. The van der Waals surface area contributed by atoms with Crippen LogP contribution in [0.2, 0.25) is 0 Å². The highest BCUT2D eigenvalue weighted by atomic mass is 16.7. The third-order valence-electron chi connectivity index (χ3n) is 5.29. The third-order valence-corrected chi connectivity index (χ3v) is 5.29. The average Bonchev–Trinajstić information content (AvgIpc) is 2.45. The van der Waals surface area contributed by atoms with Crippen LogP contribution < -0.4 is 4.57 Å². The van der Waals surface area contributed by atoms with E-state index < -0.39 is 0 Å². The highest BCUT2D eigenvalue weighted by molar-refractivity contribution is 5.15. The zero-order valence-corrected chi connectivity index (χ0v) is 13.5. The van der Waals surface area contributed by atoms with Crippen molar-refractivity contribution in [2.45, 2.75) is 33.5 Å². The minimum atomic E-state index is -0.227. The van der Waals surface area contributed by atoms with Crippen molar-refractivity contribution >= 4 is 0 Å². The normalized spacial score (nSPS) is 36.6. The summed E-state index contributed by atoms with van der Waals surface area (Å²) in [6.45, 7) is 8.43. The van der Waals surface area contributed by atoms with E-state index >= 15 is 0 Å². The van der Waals surface area contributed by atoms with Gasteiger partial charge in [-0.05, 0) is 31.2 Å². The molecule has 2 atom stereocenters. The molecule has 0 radical (unpaired) electrons. The number of hydrogen-bond acceptors (Lipinski definition) is 2. The molecule has 3 heteroatoms. The van der Waals surface area contributed by atoms with E-state index in [0.29, 0.717) is 11.8 Å². The topological polar surface area (TPSA) is 22.3 Å². The van der Waals surface area contributed by atoms with Gasteiger partial charge in [-0.2, -0.15) is 0 Å². The number of hydrogen-bond donors (Lipinski definition) is 0. The van der Waals surface area contributed by atoms with Gasteiger partial charge in [0.25, 0.3) is 0 Å². The summed E-state index contributed by atoms with van der Waals surface area (Å²) in [7, 11) is 2.02. The molecule has 21 heavy (non-hydrogen) atoms. The van der Waals surface area contributed by atoms with Gasteiger partial charge in [-0.15, -0.1) is 0 Å². The first-order valence-corrected chi connectivity index (χ1v) is 7.87. The van der Waals surface area contributed by atoms with Gasteiger partial charge < -0.3 is 9.47 Å². The Hall–Kier alpha value is -1.19. The van der Waals surface area contributed by atoms with Crippen molar-refractivity contribution in [2.75, 3.05) is 13.2 Å². The SMILES string of the molecule is CC1=C[C@H](C)C2(COC(c3ccc[n+](C)c3)OC2)[C@@H](C)C1. The summed E-state index contributed by atoms with van der Waals surface area (Å²) in [6, 6.07) is 4.10. The van der Waals surface area contributed by atoms with Crippen LogP contribution in [-0.2, 0) is 16.5 Å². The van der Waals surface area contributed by atoms with Gasteiger partial charge in [0.1, 0.15) is 7.05 Å². The van der Waals surface area contributed by atoms with Crippen LogP contribution in [0.25, 0.3) is 0 Å². The predicted octanol–water partition coefficient (Wildman–Crippen LogP) is 3.17. The molecule has 1 spiro atoms. The first-order chi connectivity index (χ1) is 10.0. The molecule has 2 heterocycles. The maximum atomic E-state index is 6.12. The molecule has 0 saturated carbocycles. The van der Waals surface area contributed by atoms with E-state index in [1.54, 1.807) is 0 Å². The molecule has 3 rings (SSSR count). The fraction of sp³-hybridized carbons (Fsp3) is 0.611. The smallest absolute Gasteiger partial charge is 0.189 e. The Morgan fingerprint density at radius 2 is 1.95 bits per heavy atom. The second-order valence-corrected chi connectivity index (χ2v) is 6.90. The van der Waals surface area contributed by atoms with Gasteiger partial charge in [0.05, 0.1) is 18.8 Å². The molecule has 0 bridgehead atoms. The van der Waals surface area contributed by atoms with Crippen LogP contribution in [0.5, 0.6) is 0 Å². The van der Waals surface area contributed by atoms with Gasteiger partial charge in [0.15, 0.2) is 18.7 Å². The standard InChI is InChI=1S/C18H26NO2/c1-13-8-14(2)18(15(3)9-13)11-20-17(21-12-18)16-6-5-7-19(4)10-16/h5-8,10,14-15,17H,9,11-12H2,1-4H3/q+1/t14-,15-,17?,18?/m0/s1. The summed E-state index contributed by atoms with van der Waals surface area (Å²) in [4.78, 5) is 0. The number of ether oxygens (including phenoxy) is 2. The van der Waals surface area contributed by atoms with E-state index in [0.717, 1.165) is 25.2 Å². The molecule has 0 N–H and O–H groups in total. The fourth-order valence-electron chi connectivity index (χ4n) is 3.84. The lowest BCUT2D eigenvalue weighted by Crippen LogP contribution is -2.49. The van der Waals surface area contributed by atoms with Crippen molar-refractivity contribution in [1.29, 1.82) is 0 Å². The van der Waals surface area contributed by atoms with E-state index in [1.807, 2.05) is 23.9 Å². The lowest BCUT2D eigenvalue weighted by molar-refractivity contribution is -0.672. The van der Waals surface area contributed by atoms with Gasteiger partial charge in [-0.3, -0.25) is 0 Å². The highest BCUT2D eigenvalue weighted by Crippen LogP contribution is 2.48. The summed E-state index contributed by atoms with van der Waals surface area (Å²) in [6.07, 6.45) is 7.42. The van der Waals surface area contributed by atoms with Gasteiger partial charge in [-0.25, -0.2) is 4.57 Å². The molecule has 2 aliphatic rings. The average molecular weight is 288 g/mol. The third kappa shape index (κ3) is 2.65. The minimum Gasteiger partial charge on any atom is -0.347 e. The molecule has 0 amide bonds.